The molecule has 6 rings (SSSR count). The monoisotopic (exact) mass is 603 g/mol. The van der Waals surface area contributed by atoms with Gasteiger partial charge in [0.15, 0.2) is 0 Å². The molecule has 1 aromatic rings. The van der Waals surface area contributed by atoms with Crippen LogP contribution in [0.4, 0.5) is 0 Å². The molecular formula is C31H42BrNO4S. The molecule has 208 valence electrons. The molecular weight excluding hydrogens is 562 g/mol. The summed E-state index contributed by atoms with van der Waals surface area (Å²) in [6.07, 6.45) is 13.6. The number of ether oxygens (including phenoxy) is 3. The summed E-state index contributed by atoms with van der Waals surface area (Å²) in [5.41, 5.74) is 1.98. The van der Waals surface area contributed by atoms with E-state index in [0.717, 1.165) is 92.7 Å². The van der Waals surface area contributed by atoms with Gasteiger partial charge in [0.2, 0.25) is 5.91 Å². The molecule has 3 aliphatic heterocycles. The van der Waals surface area contributed by atoms with E-state index in [1.165, 1.54) is 11.1 Å². The fourth-order valence-corrected chi connectivity index (χ4v) is 9.83. The first-order valence-corrected chi connectivity index (χ1v) is 16.5. The van der Waals surface area contributed by atoms with Crippen LogP contribution in [0.25, 0.3) is 0 Å². The lowest BCUT2D eigenvalue weighted by molar-refractivity contribution is -0.149. The molecule has 0 radical (unpaired) electrons. The van der Waals surface area contributed by atoms with Crippen molar-refractivity contribution in [2.75, 3.05) is 32.6 Å². The first-order valence-electron chi connectivity index (χ1n) is 14.7. The molecule has 38 heavy (non-hydrogen) atoms. The molecule has 1 amide bonds. The first-order chi connectivity index (χ1) is 18.5. The van der Waals surface area contributed by atoms with Crippen LogP contribution >= 0.6 is 27.7 Å². The highest BCUT2D eigenvalue weighted by Gasteiger charge is 2.67. The van der Waals surface area contributed by atoms with E-state index in [0.29, 0.717) is 18.6 Å². The summed E-state index contributed by atoms with van der Waals surface area (Å²) < 4.78 is 18.9. The molecule has 0 bridgehead atoms. The Hall–Kier alpha value is -0.860. The average Bonchev–Trinajstić information content (AvgIpc) is 3.69. The van der Waals surface area contributed by atoms with Crippen LogP contribution in [-0.4, -0.2) is 61.7 Å². The fraction of sp³-hybridized carbons (Fsp3) is 0.710. The molecule has 4 atom stereocenters. The molecule has 7 heteroatoms. The van der Waals surface area contributed by atoms with Crippen molar-refractivity contribution < 1.29 is 19.0 Å². The summed E-state index contributed by atoms with van der Waals surface area (Å²) in [6.45, 7) is 4.59. The standard InChI is InChI=1S/C31H42BrNO4S/c1-3-22-16-28(38-20-26-7-5-15-37-26)33(19-25-6-4-14-36-25)29(34)31(22)27-17-23(32)9-8-21(27)18-30(31)12-10-24(35-2)11-13-30/h8-9,16-17,22,24-26H,3-7,10-15,18-20H2,1-2H3. The van der Waals surface area contributed by atoms with Crippen molar-refractivity contribution in [1.29, 1.82) is 0 Å². The molecule has 3 fully saturated rings. The molecule has 1 saturated carbocycles. The molecule has 1 aromatic carbocycles. The van der Waals surface area contributed by atoms with Gasteiger partial charge in [-0.25, -0.2) is 0 Å². The highest BCUT2D eigenvalue weighted by atomic mass is 79.9. The number of benzene rings is 1. The van der Waals surface area contributed by atoms with Crippen molar-refractivity contribution in [3.05, 3.63) is 44.9 Å². The number of amides is 1. The molecule has 5 aliphatic rings. The molecule has 5 nitrogen and oxygen atoms in total. The topological polar surface area (TPSA) is 48.0 Å². The molecule has 2 aliphatic carbocycles. The Labute approximate surface area is 240 Å². The van der Waals surface area contributed by atoms with Crippen LogP contribution in [-0.2, 0) is 30.8 Å². The van der Waals surface area contributed by atoms with Crippen LogP contribution in [0.1, 0.15) is 75.8 Å². The Bertz CT molecular complexity index is 1060. The lowest BCUT2D eigenvalue weighted by atomic mass is 9.50. The number of methoxy groups -OCH3 is 1. The van der Waals surface area contributed by atoms with E-state index in [2.05, 4.69) is 52.0 Å². The van der Waals surface area contributed by atoms with Crippen LogP contribution < -0.4 is 0 Å². The lowest BCUT2D eigenvalue weighted by Gasteiger charge is -2.55. The predicted octanol–water partition coefficient (Wildman–Crippen LogP) is 6.62. The molecule has 2 saturated heterocycles. The smallest absolute Gasteiger partial charge is 0.239 e. The quantitative estimate of drug-likeness (QED) is 0.350. The third kappa shape index (κ3) is 4.52. The van der Waals surface area contributed by atoms with Gasteiger partial charge < -0.3 is 19.1 Å². The highest BCUT2D eigenvalue weighted by Crippen LogP contribution is 2.65. The van der Waals surface area contributed by atoms with Gasteiger partial charge in [0.25, 0.3) is 0 Å². The van der Waals surface area contributed by atoms with Crippen LogP contribution in [0, 0.1) is 11.3 Å². The van der Waals surface area contributed by atoms with Gasteiger partial charge in [0, 0.05) is 30.5 Å². The van der Waals surface area contributed by atoms with E-state index in [1.54, 1.807) is 0 Å². The number of carbonyl (C=O) groups is 1. The number of hydrogen-bond acceptors (Lipinski definition) is 5. The third-order valence-electron chi connectivity index (χ3n) is 10.1. The van der Waals surface area contributed by atoms with E-state index in [-0.39, 0.29) is 23.5 Å². The summed E-state index contributed by atoms with van der Waals surface area (Å²) in [7, 11) is 1.84. The summed E-state index contributed by atoms with van der Waals surface area (Å²) >= 11 is 5.60. The second-order valence-corrected chi connectivity index (χ2v) is 14.0. The number of hydrogen-bond donors (Lipinski definition) is 0. The van der Waals surface area contributed by atoms with Gasteiger partial charge >= 0.3 is 0 Å². The SMILES string of the molecule is CCC1C=C(SCC2CCCO2)N(CC2CCCO2)C(=O)C12c1cc(Br)ccc1CC21CCC(OC)CC1. The van der Waals surface area contributed by atoms with Crippen molar-refractivity contribution in [2.24, 2.45) is 11.3 Å². The Morgan fingerprint density at radius 3 is 2.50 bits per heavy atom. The van der Waals surface area contributed by atoms with Crippen molar-refractivity contribution >= 4 is 33.6 Å². The number of carbonyl (C=O) groups excluding carboxylic acids is 1. The minimum atomic E-state index is -0.550. The minimum absolute atomic E-state index is 0.0844. The minimum Gasteiger partial charge on any atom is -0.381 e. The van der Waals surface area contributed by atoms with Crippen LogP contribution in [0.2, 0.25) is 0 Å². The predicted molar refractivity (Wildman–Crippen MR) is 155 cm³/mol. The van der Waals surface area contributed by atoms with Gasteiger partial charge in [-0.15, -0.1) is 11.8 Å². The molecule has 3 heterocycles. The zero-order valence-corrected chi connectivity index (χ0v) is 25.3. The second-order valence-electron chi connectivity index (χ2n) is 12.0. The van der Waals surface area contributed by atoms with Gasteiger partial charge in [-0.1, -0.05) is 28.9 Å². The molecule has 4 unspecified atom stereocenters. The van der Waals surface area contributed by atoms with E-state index in [1.807, 2.05) is 18.9 Å². The van der Waals surface area contributed by atoms with Gasteiger partial charge in [-0.2, -0.15) is 0 Å². The molecule has 2 spiro atoms. The van der Waals surface area contributed by atoms with Crippen molar-refractivity contribution in [1.82, 2.24) is 4.90 Å². The van der Waals surface area contributed by atoms with Crippen molar-refractivity contribution in [3.8, 4) is 0 Å². The Morgan fingerprint density at radius 1 is 1.11 bits per heavy atom. The van der Waals surface area contributed by atoms with Gasteiger partial charge in [0.1, 0.15) is 0 Å². The summed E-state index contributed by atoms with van der Waals surface area (Å²) in [5, 5.41) is 1.13. The summed E-state index contributed by atoms with van der Waals surface area (Å²) in [6, 6.07) is 6.70. The zero-order chi connectivity index (χ0) is 26.3. The summed E-state index contributed by atoms with van der Waals surface area (Å²) in [5.74, 6) is 1.38. The highest BCUT2D eigenvalue weighted by molar-refractivity contribution is 9.10. The Balaban J connectivity index is 1.45. The maximum absolute atomic E-state index is 15.4. The largest absolute Gasteiger partial charge is 0.381 e. The molecule has 0 aromatic heterocycles. The van der Waals surface area contributed by atoms with Crippen LogP contribution in [0.5, 0.6) is 0 Å². The van der Waals surface area contributed by atoms with E-state index in [9.17, 15) is 0 Å². The Kier molecular flexibility index (Phi) is 8.05. The number of allylic oxidation sites excluding steroid dienone is 1. The van der Waals surface area contributed by atoms with Crippen molar-refractivity contribution in [2.45, 2.75) is 94.9 Å². The maximum atomic E-state index is 15.4. The van der Waals surface area contributed by atoms with E-state index in [4.69, 9.17) is 14.2 Å². The number of fused-ring (bicyclic) bond motifs is 3. The second kappa shape index (κ2) is 11.2. The molecule has 0 N–H and O–H groups in total. The van der Waals surface area contributed by atoms with Gasteiger partial charge in [-0.3, -0.25) is 4.79 Å². The van der Waals surface area contributed by atoms with Crippen molar-refractivity contribution in [3.63, 3.8) is 0 Å². The van der Waals surface area contributed by atoms with E-state index >= 15 is 4.79 Å². The normalized spacial score (nSPS) is 36.9. The van der Waals surface area contributed by atoms with Gasteiger partial charge in [0.05, 0.1) is 35.3 Å². The number of thioether (sulfide) groups is 1. The number of nitrogens with zero attached hydrogens (tertiary/aromatic N) is 1. The fourth-order valence-electron chi connectivity index (χ4n) is 8.27. The third-order valence-corrected chi connectivity index (χ3v) is 11.8. The number of rotatable bonds is 7. The van der Waals surface area contributed by atoms with Crippen LogP contribution in [0.15, 0.2) is 33.8 Å². The zero-order valence-electron chi connectivity index (χ0n) is 22.9. The summed E-state index contributed by atoms with van der Waals surface area (Å²) in [4.78, 5) is 17.5. The van der Waals surface area contributed by atoms with Gasteiger partial charge in [-0.05, 0) is 105 Å². The first kappa shape index (κ1) is 27.3. The van der Waals surface area contributed by atoms with E-state index < -0.39 is 5.41 Å². The van der Waals surface area contributed by atoms with Crippen LogP contribution in [0.3, 0.4) is 0 Å². The Morgan fingerprint density at radius 2 is 1.84 bits per heavy atom. The average molecular weight is 605 g/mol. The number of halogens is 1. The maximum Gasteiger partial charge on any atom is 0.239 e. The lowest BCUT2D eigenvalue weighted by Crippen LogP contribution is -2.62.